The lowest BCUT2D eigenvalue weighted by molar-refractivity contribution is 0.260. The van der Waals surface area contributed by atoms with Crippen LogP contribution in [0.5, 0.6) is 0 Å². The van der Waals surface area contributed by atoms with E-state index in [1.54, 1.807) is 12.4 Å². The highest BCUT2D eigenvalue weighted by Crippen LogP contribution is 2.15. The van der Waals surface area contributed by atoms with E-state index in [1.807, 2.05) is 30.9 Å². The maximum absolute atomic E-state index is 4.34. The SMILES string of the molecule is CN=C(NCCSc1ccccc1)NCCN1CCN(c2ncccn2)CC1.I. The summed E-state index contributed by atoms with van der Waals surface area (Å²) in [6.45, 7) is 6.76. The van der Waals surface area contributed by atoms with E-state index in [0.29, 0.717) is 0 Å². The predicted octanol–water partition coefficient (Wildman–Crippen LogP) is 2.17. The van der Waals surface area contributed by atoms with Crippen molar-refractivity contribution in [2.45, 2.75) is 4.90 Å². The Morgan fingerprint density at radius 3 is 2.38 bits per heavy atom. The number of anilines is 1. The van der Waals surface area contributed by atoms with E-state index in [0.717, 1.165) is 63.5 Å². The Morgan fingerprint density at radius 2 is 1.69 bits per heavy atom. The summed E-state index contributed by atoms with van der Waals surface area (Å²) in [6.07, 6.45) is 3.60. The van der Waals surface area contributed by atoms with Gasteiger partial charge in [0, 0.05) is 75.9 Å². The molecule has 29 heavy (non-hydrogen) atoms. The van der Waals surface area contributed by atoms with Gasteiger partial charge in [0.15, 0.2) is 5.96 Å². The minimum absolute atomic E-state index is 0. The fourth-order valence-corrected chi connectivity index (χ4v) is 3.82. The van der Waals surface area contributed by atoms with Crippen LogP contribution >= 0.6 is 35.7 Å². The standard InChI is InChI=1S/C20H29N7S.HI/c1-21-19(23-11-17-28-18-6-3-2-4-7-18)22-10-12-26-13-15-27(16-14-26)20-24-8-5-9-25-20;/h2-9H,10-17H2,1H3,(H2,21,22,23);1H. The van der Waals surface area contributed by atoms with Gasteiger partial charge in [-0.2, -0.15) is 0 Å². The van der Waals surface area contributed by atoms with E-state index in [9.17, 15) is 0 Å². The molecule has 7 nitrogen and oxygen atoms in total. The smallest absolute Gasteiger partial charge is 0.225 e. The molecule has 0 amide bonds. The number of aromatic nitrogens is 2. The van der Waals surface area contributed by atoms with Crippen molar-refractivity contribution in [1.29, 1.82) is 0 Å². The highest BCUT2D eigenvalue weighted by Gasteiger charge is 2.18. The van der Waals surface area contributed by atoms with Crippen LogP contribution in [-0.4, -0.2) is 79.4 Å². The first-order valence-corrected chi connectivity index (χ1v) is 10.7. The molecule has 1 fully saturated rings. The van der Waals surface area contributed by atoms with Gasteiger partial charge < -0.3 is 15.5 Å². The summed E-state index contributed by atoms with van der Waals surface area (Å²) in [5.41, 5.74) is 0. The van der Waals surface area contributed by atoms with Gasteiger partial charge in [-0.05, 0) is 18.2 Å². The normalized spacial score (nSPS) is 14.9. The molecule has 0 unspecified atom stereocenters. The number of guanidine groups is 1. The zero-order valence-electron chi connectivity index (χ0n) is 16.8. The minimum Gasteiger partial charge on any atom is -0.356 e. The van der Waals surface area contributed by atoms with Gasteiger partial charge in [-0.1, -0.05) is 18.2 Å². The van der Waals surface area contributed by atoms with E-state index in [1.165, 1.54) is 4.90 Å². The lowest BCUT2D eigenvalue weighted by atomic mass is 10.3. The lowest BCUT2D eigenvalue weighted by Crippen LogP contribution is -2.49. The van der Waals surface area contributed by atoms with Crippen LogP contribution in [0.2, 0.25) is 0 Å². The van der Waals surface area contributed by atoms with Crippen LogP contribution in [0.1, 0.15) is 0 Å². The average Bonchev–Trinajstić information content (AvgIpc) is 2.77. The van der Waals surface area contributed by atoms with Crippen molar-refractivity contribution in [2.24, 2.45) is 4.99 Å². The number of nitrogens with zero attached hydrogens (tertiary/aromatic N) is 5. The van der Waals surface area contributed by atoms with Crippen LogP contribution in [0.4, 0.5) is 5.95 Å². The van der Waals surface area contributed by atoms with Gasteiger partial charge in [0.25, 0.3) is 0 Å². The molecule has 1 saturated heterocycles. The molecule has 9 heteroatoms. The Morgan fingerprint density at radius 1 is 1.00 bits per heavy atom. The molecule has 1 aliphatic rings. The number of piperazine rings is 1. The molecule has 0 aliphatic carbocycles. The first kappa shape index (κ1) is 23.7. The Kier molecular flexibility index (Phi) is 11.1. The van der Waals surface area contributed by atoms with Crippen LogP contribution in [0, 0.1) is 0 Å². The fourth-order valence-electron chi connectivity index (χ4n) is 3.03. The van der Waals surface area contributed by atoms with Gasteiger partial charge in [0.1, 0.15) is 0 Å². The minimum atomic E-state index is 0. The molecule has 3 rings (SSSR count). The van der Waals surface area contributed by atoms with E-state index in [-0.39, 0.29) is 24.0 Å². The summed E-state index contributed by atoms with van der Waals surface area (Å²) in [7, 11) is 1.82. The van der Waals surface area contributed by atoms with Crippen molar-refractivity contribution in [1.82, 2.24) is 25.5 Å². The lowest BCUT2D eigenvalue weighted by Gasteiger charge is -2.34. The molecule has 0 radical (unpaired) electrons. The largest absolute Gasteiger partial charge is 0.356 e. The zero-order valence-corrected chi connectivity index (χ0v) is 20.0. The van der Waals surface area contributed by atoms with Crippen molar-refractivity contribution in [3.05, 3.63) is 48.8 Å². The van der Waals surface area contributed by atoms with Gasteiger partial charge >= 0.3 is 0 Å². The van der Waals surface area contributed by atoms with E-state index in [2.05, 4.69) is 59.7 Å². The number of aliphatic imine (C=N–C) groups is 1. The van der Waals surface area contributed by atoms with Crippen LogP contribution in [0.3, 0.4) is 0 Å². The van der Waals surface area contributed by atoms with Gasteiger partial charge in [0.05, 0.1) is 0 Å². The molecule has 0 atom stereocenters. The van der Waals surface area contributed by atoms with Crippen molar-refractivity contribution < 1.29 is 0 Å². The zero-order chi connectivity index (χ0) is 19.4. The summed E-state index contributed by atoms with van der Waals surface area (Å²) >= 11 is 1.85. The van der Waals surface area contributed by atoms with E-state index >= 15 is 0 Å². The molecule has 0 spiro atoms. The summed E-state index contributed by atoms with van der Waals surface area (Å²) < 4.78 is 0. The molecule has 1 aromatic heterocycles. The molecule has 2 N–H and O–H groups in total. The number of hydrogen-bond acceptors (Lipinski definition) is 6. The summed E-state index contributed by atoms with van der Waals surface area (Å²) in [5, 5.41) is 6.79. The second kappa shape index (κ2) is 13.6. The van der Waals surface area contributed by atoms with Crippen molar-refractivity contribution >= 4 is 47.6 Å². The second-order valence-electron chi connectivity index (χ2n) is 6.46. The van der Waals surface area contributed by atoms with Crippen molar-refractivity contribution in [3.8, 4) is 0 Å². The molecular formula is C20H30IN7S. The Labute approximate surface area is 194 Å². The monoisotopic (exact) mass is 527 g/mol. The highest BCUT2D eigenvalue weighted by atomic mass is 127. The topological polar surface area (TPSA) is 68.7 Å². The fraction of sp³-hybridized carbons (Fsp3) is 0.450. The summed E-state index contributed by atoms with van der Waals surface area (Å²) in [5.74, 6) is 2.71. The van der Waals surface area contributed by atoms with Crippen LogP contribution in [0.15, 0.2) is 58.7 Å². The van der Waals surface area contributed by atoms with Crippen molar-refractivity contribution in [3.63, 3.8) is 0 Å². The number of rotatable bonds is 8. The third kappa shape index (κ3) is 8.35. The maximum Gasteiger partial charge on any atom is 0.225 e. The number of thioether (sulfide) groups is 1. The molecule has 1 aromatic carbocycles. The number of hydrogen-bond donors (Lipinski definition) is 2. The first-order chi connectivity index (χ1) is 13.8. The molecule has 0 bridgehead atoms. The summed E-state index contributed by atoms with van der Waals surface area (Å²) in [6, 6.07) is 12.3. The van der Waals surface area contributed by atoms with E-state index in [4.69, 9.17) is 0 Å². The van der Waals surface area contributed by atoms with Gasteiger partial charge in [0.2, 0.25) is 5.95 Å². The third-order valence-corrected chi connectivity index (χ3v) is 5.57. The molecule has 2 aromatic rings. The van der Waals surface area contributed by atoms with Crippen molar-refractivity contribution in [2.75, 3.05) is 63.5 Å². The first-order valence-electron chi connectivity index (χ1n) is 9.72. The highest BCUT2D eigenvalue weighted by molar-refractivity contribution is 14.0. The van der Waals surface area contributed by atoms with Gasteiger partial charge in [-0.15, -0.1) is 35.7 Å². The molecule has 2 heterocycles. The maximum atomic E-state index is 4.34. The van der Waals surface area contributed by atoms with Gasteiger partial charge in [-0.3, -0.25) is 9.89 Å². The second-order valence-corrected chi connectivity index (χ2v) is 7.63. The number of halogens is 1. The quantitative estimate of drug-likeness (QED) is 0.179. The Hall–Kier alpha value is -1.59. The predicted molar refractivity (Wildman–Crippen MR) is 133 cm³/mol. The third-order valence-electron chi connectivity index (χ3n) is 4.56. The van der Waals surface area contributed by atoms with Gasteiger partial charge in [-0.25, -0.2) is 9.97 Å². The average molecular weight is 527 g/mol. The number of nitrogens with one attached hydrogen (secondary N) is 2. The van der Waals surface area contributed by atoms with E-state index < -0.39 is 0 Å². The van der Waals surface area contributed by atoms with Crippen LogP contribution in [0.25, 0.3) is 0 Å². The molecule has 158 valence electrons. The van der Waals surface area contributed by atoms with Crippen LogP contribution < -0.4 is 15.5 Å². The van der Waals surface area contributed by atoms with Crippen LogP contribution in [-0.2, 0) is 0 Å². The summed E-state index contributed by atoms with van der Waals surface area (Å²) in [4.78, 5) is 19.0. The Balaban J connectivity index is 0.00000300. The number of benzene rings is 1. The molecule has 0 saturated carbocycles. The molecule has 1 aliphatic heterocycles. The molecular weight excluding hydrogens is 497 g/mol. The Bertz CT molecular complexity index is 709.